The Morgan fingerprint density at radius 1 is 1.13 bits per heavy atom. The summed E-state index contributed by atoms with van der Waals surface area (Å²) in [4.78, 5) is 39.8. The standard InChI is InChI=1S/C22H26N4O4/c1-25(2)17-10-8-15(9-11-17)19(27)14-23-21(29)22(30)24-16-5-3-6-18(13-16)26-12-4-7-20(26)28/h3,5-6,8-11,13,19,27H,4,7,12,14H2,1-2H3,(H,23,29)(H,24,30)/t19-/m1/s1. The number of rotatable bonds is 6. The molecule has 158 valence electrons. The maximum absolute atomic E-state index is 12.2. The predicted molar refractivity (Wildman–Crippen MR) is 115 cm³/mol. The fraction of sp³-hybridized carbons (Fsp3) is 0.318. The molecule has 8 heteroatoms. The summed E-state index contributed by atoms with van der Waals surface area (Å²) in [6.45, 7) is 0.556. The van der Waals surface area contributed by atoms with Gasteiger partial charge in [0, 0.05) is 50.7 Å². The van der Waals surface area contributed by atoms with Gasteiger partial charge in [0.1, 0.15) is 0 Å². The van der Waals surface area contributed by atoms with E-state index in [4.69, 9.17) is 0 Å². The second kappa shape index (κ2) is 9.41. The Balaban J connectivity index is 1.53. The number of aliphatic hydroxyl groups excluding tert-OH is 1. The molecule has 3 amide bonds. The molecule has 0 unspecified atom stereocenters. The number of benzene rings is 2. The van der Waals surface area contributed by atoms with Crippen LogP contribution in [0, 0.1) is 0 Å². The fourth-order valence-corrected chi connectivity index (χ4v) is 3.24. The maximum Gasteiger partial charge on any atom is 0.313 e. The Morgan fingerprint density at radius 2 is 1.87 bits per heavy atom. The summed E-state index contributed by atoms with van der Waals surface area (Å²) in [7, 11) is 3.84. The van der Waals surface area contributed by atoms with Crippen LogP contribution in [0.1, 0.15) is 24.5 Å². The summed E-state index contributed by atoms with van der Waals surface area (Å²) >= 11 is 0. The zero-order valence-corrected chi connectivity index (χ0v) is 17.1. The van der Waals surface area contributed by atoms with E-state index in [9.17, 15) is 19.5 Å². The second-order valence-corrected chi connectivity index (χ2v) is 7.37. The van der Waals surface area contributed by atoms with Crippen molar-refractivity contribution in [1.29, 1.82) is 0 Å². The molecule has 3 rings (SSSR count). The molecule has 0 bridgehead atoms. The Hall–Kier alpha value is -3.39. The van der Waals surface area contributed by atoms with E-state index in [1.165, 1.54) is 0 Å². The van der Waals surface area contributed by atoms with Crippen molar-refractivity contribution in [3.8, 4) is 0 Å². The summed E-state index contributed by atoms with van der Waals surface area (Å²) in [6, 6.07) is 14.1. The number of anilines is 3. The largest absolute Gasteiger partial charge is 0.387 e. The van der Waals surface area contributed by atoms with Crippen molar-refractivity contribution in [1.82, 2.24) is 5.32 Å². The summed E-state index contributed by atoms with van der Waals surface area (Å²) in [5.74, 6) is -1.64. The van der Waals surface area contributed by atoms with Gasteiger partial charge in [-0.05, 0) is 42.3 Å². The van der Waals surface area contributed by atoms with E-state index in [1.807, 2.05) is 31.1 Å². The molecule has 0 saturated carbocycles. The van der Waals surface area contributed by atoms with E-state index < -0.39 is 17.9 Å². The number of hydrogen-bond acceptors (Lipinski definition) is 5. The molecule has 1 aliphatic rings. The van der Waals surface area contributed by atoms with Crippen molar-refractivity contribution < 1.29 is 19.5 Å². The number of nitrogens with zero attached hydrogens (tertiary/aromatic N) is 2. The molecule has 1 aliphatic heterocycles. The minimum atomic E-state index is -0.928. The van der Waals surface area contributed by atoms with Gasteiger partial charge in [0.15, 0.2) is 0 Å². The van der Waals surface area contributed by atoms with E-state index in [0.717, 1.165) is 12.1 Å². The molecule has 1 saturated heterocycles. The van der Waals surface area contributed by atoms with Gasteiger partial charge in [-0.1, -0.05) is 18.2 Å². The van der Waals surface area contributed by atoms with Crippen molar-refractivity contribution in [3.63, 3.8) is 0 Å². The molecule has 0 spiro atoms. The molecule has 2 aromatic rings. The van der Waals surface area contributed by atoms with Crippen LogP contribution in [0.2, 0.25) is 0 Å². The number of aliphatic hydroxyl groups is 1. The molecule has 3 N–H and O–H groups in total. The molecule has 1 fully saturated rings. The average Bonchev–Trinajstić information content (AvgIpc) is 3.17. The first-order valence-electron chi connectivity index (χ1n) is 9.80. The Morgan fingerprint density at radius 3 is 2.50 bits per heavy atom. The van der Waals surface area contributed by atoms with Gasteiger partial charge in [-0.2, -0.15) is 0 Å². The van der Waals surface area contributed by atoms with Crippen LogP contribution in [0.3, 0.4) is 0 Å². The average molecular weight is 410 g/mol. The third-order valence-corrected chi connectivity index (χ3v) is 4.95. The Labute approximate surface area is 175 Å². The number of nitrogens with one attached hydrogen (secondary N) is 2. The van der Waals surface area contributed by atoms with Crippen LogP contribution in [0.15, 0.2) is 48.5 Å². The third kappa shape index (κ3) is 5.15. The van der Waals surface area contributed by atoms with Crippen molar-refractivity contribution in [2.75, 3.05) is 42.3 Å². The zero-order chi connectivity index (χ0) is 21.7. The first kappa shape index (κ1) is 21.3. The molecular weight excluding hydrogens is 384 g/mol. The van der Waals surface area contributed by atoms with E-state index in [0.29, 0.717) is 29.9 Å². The molecule has 0 aliphatic carbocycles. The molecule has 0 aromatic heterocycles. The van der Waals surface area contributed by atoms with Gasteiger partial charge >= 0.3 is 11.8 Å². The topological polar surface area (TPSA) is 102 Å². The molecule has 30 heavy (non-hydrogen) atoms. The van der Waals surface area contributed by atoms with Crippen LogP contribution >= 0.6 is 0 Å². The number of amides is 3. The molecule has 1 heterocycles. The number of hydrogen-bond donors (Lipinski definition) is 3. The van der Waals surface area contributed by atoms with E-state index >= 15 is 0 Å². The number of carbonyl (C=O) groups excluding carboxylic acids is 3. The highest BCUT2D eigenvalue weighted by molar-refractivity contribution is 6.39. The predicted octanol–water partition coefficient (Wildman–Crippen LogP) is 1.67. The summed E-state index contributed by atoms with van der Waals surface area (Å²) in [5.41, 5.74) is 2.75. The molecule has 2 aromatic carbocycles. The van der Waals surface area contributed by atoms with Gasteiger partial charge in [-0.3, -0.25) is 14.4 Å². The SMILES string of the molecule is CN(C)c1ccc([C@H](O)CNC(=O)C(=O)Nc2cccc(N3CCCC3=O)c2)cc1. The first-order valence-corrected chi connectivity index (χ1v) is 9.80. The molecular formula is C22H26N4O4. The van der Waals surface area contributed by atoms with Crippen molar-refractivity contribution in [2.24, 2.45) is 0 Å². The van der Waals surface area contributed by atoms with Crippen LogP contribution in [0.25, 0.3) is 0 Å². The van der Waals surface area contributed by atoms with Crippen molar-refractivity contribution in [2.45, 2.75) is 18.9 Å². The van der Waals surface area contributed by atoms with Crippen LogP contribution in [-0.4, -0.2) is 50.0 Å². The molecule has 1 atom stereocenters. The van der Waals surface area contributed by atoms with Crippen LogP contribution in [-0.2, 0) is 14.4 Å². The van der Waals surface area contributed by atoms with E-state index in [1.54, 1.807) is 41.3 Å². The lowest BCUT2D eigenvalue weighted by atomic mass is 10.1. The first-order chi connectivity index (χ1) is 14.3. The highest BCUT2D eigenvalue weighted by atomic mass is 16.3. The Kier molecular flexibility index (Phi) is 6.68. The third-order valence-electron chi connectivity index (χ3n) is 4.95. The van der Waals surface area contributed by atoms with Gasteiger partial charge in [-0.15, -0.1) is 0 Å². The van der Waals surface area contributed by atoms with Crippen LogP contribution < -0.4 is 20.4 Å². The lowest BCUT2D eigenvalue weighted by molar-refractivity contribution is -0.136. The summed E-state index contributed by atoms with van der Waals surface area (Å²) in [6.07, 6.45) is 0.388. The summed E-state index contributed by atoms with van der Waals surface area (Å²) in [5, 5.41) is 15.2. The monoisotopic (exact) mass is 410 g/mol. The van der Waals surface area contributed by atoms with E-state index in [-0.39, 0.29) is 12.5 Å². The highest BCUT2D eigenvalue weighted by Gasteiger charge is 2.22. The second-order valence-electron chi connectivity index (χ2n) is 7.37. The van der Waals surface area contributed by atoms with Gasteiger partial charge in [0.05, 0.1) is 6.10 Å². The Bertz CT molecular complexity index is 927. The fourth-order valence-electron chi connectivity index (χ4n) is 3.24. The minimum Gasteiger partial charge on any atom is -0.387 e. The zero-order valence-electron chi connectivity index (χ0n) is 17.1. The maximum atomic E-state index is 12.2. The van der Waals surface area contributed by atoms with Crippen LogP contribution in [0.4, 0.5) is 17.1 Å². The van der Waals surface area contributed by atoms with Gasteiger partial charge in [0.25, 0.3) is 0 Å². The number of carbonyl (C=O) groups is 3. The molecule has 8 nitrogen and oxygen atoms in total. The quantitative estimate of drug-likeness (QED) is 0.629. The lowest BCUT2D eigenvalue weighted by Gasteiger charge is -2.17. The molecule has 0 radical (unpaired) electrons. The van der Waals surface area contributed by atoms with Crippen molar-refractivity contribution in [3.05, 3.63) is 54.1 Å². The minimum absolute atomic E-state index is 0.0452. The van der Waals surface area contributed by atoms with Gasteiger partial charge in [-0.25, -0.2) is 0 Å². The normalized spacial score (nSPS) is 14.4. The van der Waals surface area contributed by atoms with Crippen LogP contribution in [0.5, 0.6) is 0 Å². The van der Waals surface area contributed by atoms with E-state index in [2.05, 4.69) is 10.6 Å². The van der Waals surface area contributed by atoms with Crippen molar-refractivity contribution >= 4 is 34.8 Å². The van der Waals surface area contributed by atoms with Gasteiger partial charge in [0.2, 0.25) is 5.91 Å². The highest BCUT2D eigenvalue weighted by Crippen LogP contribution is 2.24. The van der Waals surface area contributed by atoms with Gasteiger partial charge < -0.3 is 25.5 Å². The lowest BCUT2D eigenvalue weighted by Crippen LogP contribution is -2.37. The smallest absolute Gasteiger partial charge is 0.313 e. The summed E-state index contributed by atoms with van der Waals surface area (Å²) < 4.78 is 0.